The van der Waals surface area contributed by atoms with Gasteiger partial charge >= 0.3 is 6.61 Å². The molecule has 1 N–H and O–H groups in total. The molecule has 0 saturated carbocycles. The lowest BCUT2D eigenvalue weighted by Crippen LogP contribution is -2.13. The lowest BCUT2D eigenvalue weighted by molar-refractivity contribution is -0.0511. The number of nitrogens with one attached hydrogen (secondary N) is 1. The smallest absolute Gasteiger partial charge is 0.387 e. The zero-order valence-electron chi connectivity index (χ0n) is 11.8. The first-order chi connectivity index (χ1) is 10.9. The predicted octanol–water partition coefficient (Wildman–Crippen LogP) is 4.34. The first-order valence-corrected chi connectivity index (χ1v) is 6.67. The van der Waals surface area contributed by atoms with Gasteiger partial charge in [-0.1, -0.05) is 11.6 Å². The average Bonchev–Trinajstić information content (AvgIpc) is 2.46. The number of rotatable bonds is 5. The summed E-state index contributed by atoms with van der Waals surface area (Å²) in [5.74, 6) is -1.35. The summed E-state index contributed by atoms with van der Waals surface area (Å²) >= 11 is 5.79. The number of carbonyl (C=O) groups is 1. The van der Waals surface area contributed by atoms with Crippen LogP contribution in [-0.2, 0) is 0 Å². The van der Waals surface area contributed by atoms with Crippen LogP contribution in [0.2, 0.25) is 5.02 Å². The Kier molecular flexibility index (Phi) is 5.33. The molecule has 0 bridgehead atoms. The Hall–Kier alpha value is -2.41. The van der Waals surface area contributed by atoms with Crippen molar-refractivity contribution in [3.8, 4) is 11.5 Å². The molecule has 2 aromatic rings. The van der Waals surface area contributed by atoms with Gasteiger partial charge in [-0.15, -0.1) is 0 Å². The zero-order valence-corrected chi connectivity index (χ0v) is 12.5. The van der Waals surface area contributed by atoms with Crippen LogP contribution >= 0.6 is 11.6 Å². The minimum absolute atomic E-state index is 0.0419. The molecule has 0 atom stereocenters. The van der Waals surface area contributed by atoms with Crippen LogP contribution in [-0.4, -0.2) is 19.6 Å². The topological polar surface area (TPSA) is 47.6 Å². The normalized spacial score (nSPS) is 10.5. The van der Waals surface area contributed by atoms with E-state index < -0.39 is 18.3 Å². The standard InChI is InChI=1S/C15H11ClF3NO3/c1-22-12-5-3-9(7-13(12)23-15(18)19)20-14(21)10-4-2-8(17)6-11(10)16/h2-7,15H,1H3,(H,20,21). The number of anilines is 1. The van der Waals surface area contributed by atoms with Crippen LogP contribution in [0.1, 0.15) is 10.4 Å². The number of carbonyl (C=O) groups excluding carboxylic acids is 1. The Morgan fingerprint density at radius 3 is 2.52 bits per heavy atom. The first kappa shape index (κ1) is 17.0. The Balaban J connectivity index is 2.23. The minimum Gasteiger partial charge on any atom is -0.493 e. The molecular formula is C15H11ClF3NO3. The molecular weight excluding hydrogens is 335 g/mol. The molecule has 122 valence electrons. The summed E-state index contributed by atoms with van der Waals surface area (Å²) in [6.45, 7) is -3.04. The Labute approximate surface area is 134 Å². The van der Waals surface area contributed by atoms with Gasteiger partial charge in [0.15, 0.2) is 11.5 Å². The highest BCUT2D eigenvalue weighted by atomic mass is 35.5. The SMILES string of the molecule is COc1ccc(NC(=O)c2ccc(F)cc2Cl)cc1OC(F)F. The fraction of sp³-hybridized carbons (Fsp3) is 0.133. The lowest BCUT2D eigenvalue weighted by atomic mass is 10.2. The molecule has 4 nitrogen and oxygen atoms in total. The molecule has 8 heteroatoms. The van der Waals surface area contributed by atoms with E-state index in [9.17, 15) is 18.0 Å². The third kappa shape index (κ3) is 4.29. The van der Waals surface area contributed by atoms with Crippen LogP contribution in [0.4, 0.5) is 18.9 Å². The van der Waals surface area contributed by atoms with Gasteiger partial charge in [-0.25, -0.2) is 4.39 Å². The van der Waals surface area contributed by atoms with Gasteiger partial charge in [-0.3, -0.25) is 4.79 Å². The summed E-state index contributed by atoms with van der Waals surface area (Å²) in [6, 6.07) is 7.27. The molecule has 23 heavy (non-hydrogen) atoms. The maximum Gasteiger partial charge on any atom is 0.387 e. The summed E-state index contributed by atoms with van der Waals surface area (Å²) in [7, 11) is 1.30. The largest absolute Gasteiger partial charge is 0.493 e. The summed E-state index contributed by atoms with van der Waals surface area (Å²) in [5, 5.41) is 2.39. The number of amides is 1. The Bertz CT molecular complexity index is 725. The average molecular weight is 346 g/mol. The predicted molar refractivity (Wildman–Crippen MR) is 79.0 cm³/mol. The van der Waals surface area contributed by atoms with Crippen molar-refractivity contribution in [1.29, 1.82) is 0 Å². The quantitative estimate of drug-likeness (QED) is 0.876. The highest BCUT2D eigenvalue weighted by Gasteiger charge is 2.15. The van der Waals surface area contributed by atoms with Crippen LogP contribution in [0, 0.1) is 5.82 Å². The van der Waals surface area contributed by atoms with Crippen molar-refractivity contribution in [2.75, 3.05) is 12.4 Å². The van der Waals surface area contributed by atoms with E-state index in [1.165, 1.54) is 31.4 Å². The van der Waals surface area contributed by atoms with E-state index in [-0.39, 0.29) is 27.8 Å². The van der Waals surface area contributed by atoms with Crippen molar-refractivity contribution in [3.63, 3.8) is 0 Å². The third-order valence-electron chi connectivity index (χ3n) is 2.81. The fourth-order valence-corrected chi connectivity index (χ4v) is 2.07. The summed E-state index contributed by atoms with van der Waals surface area (Å²) in [4.78, 5) is 12.1. The molecule has 2 rings (SSSR count). The van der Waals surface area contributed by atoms with Gasteiger partial charge in [0.1, 0.15) is 5.82 Å². The lowest BCUT2D eigenvalue weighted by Gasteiger charge is -2.12. The second-order valence-corrected chi connectivity index (χ2v) is 4.73. The highest BCUT2D eigenvalue weighted by Crippen LogP contribution is 2.31. The van der Waals surface area contributed by atoms with Gasteiger partial charge in [0, 0.05) is 11.8 Å². The number of methoxy groups -OCH3 is 1. The van der Waals surface area contributed by atoms with Crippen LogP contribution in [0.15, 0.2) is 36.4 Å². The summed E-state index contributed by atoms with van der Waals surface area (Å²) < 4.78 is 46.9. The molecule has 0 unspecified atom stereocenters. The summed E-state index contributed by atoms with van der Waals surface area (Å²) in [5.41, 5.74) is 0.229. The van der Waals surface area contributed by atoms with E-state index in [0.29, 0.717) is 0 Å². The van der Waals surface area contributed by atoms with Crippen LogP contribution in [0.25, 0.3) is 0 Å². The van der Waals surface area contributed by atoms with Crippen LogP contribution < -0.4 is 14.8 Å². The van der Waals surface area contributed by atoms with Crippen molar-refractivity contribution in [3.05, 3.63) is 52.8 Å². The molecule has 0 fully saturated rings. The molecule has 0 radical (unpaired) electrons. The molecule has 2 aromatic carbocycles. The van der Waals surface area contributed by atoms with E-state index in [1.807, 2.05) is 0 Å². The highest BCUT2D eigenvalue weighted by molar-refractivity contribution is 6.34. The second kappa shape index (κ2) is 7.23. The molecule has 0 spiro atoms. The van der Waals surface area contributed by atoms with Gasteiger partial charge < -0.3 is 14.8 Å². The van der Waals surface area contributed by atoms with E-state index >= 15 is 0 Å². The zero-order chi connectivity index (χ0) is 17.0. The number of hydrogen-bond acceptors (Lipinski definition) is 3. The van der Waals surface area contributed by atoms with Crippen LogP contribution in [0.5, 0.6) is 11.5 Å². The van der Waals surface area contributed by atoms with Crippen LogP contribution in [0.3, 0.4) is 0 Å². The van der Waals surface area contributed by atoms with Crippen molar-refractivity contribution in [2.24, 2.45) is 0 Å². The van der Waals surface area contributed by atoms with E-state index in [0.717, 1.165) is 12.1 Å². The molecule has 1 amide bonds. The molecule has 0 heterocycles. The minimum atomic E-state index is -3.04. The number of hydrogen-bond donors (Lipinski definition) is 1. The van der Waals surface area contributed by atoms with Crippen molar-refractivity contribution >= 4 is 23.2 Å². The third-order valence-corrected chi connectivity index (χ3v) is 3.13. The maximum atomic E-state index is 13.0. The number of halogens is 4. The number of alkyl halides is 2. The van der Waals surface area contributed by atoms with Gasteiger partial charge in [0.25, 0.3) is 5.91 Å². The fourth-order valence-electron chi connectivity index (χ4n) is 1.81. The molecule has 0 saturated heterocycles. The number of ether oxygens (including phenoxy) is 2. The van der Waals surface area contributed by atoms with Crippen molar-refractivity contribution < 1.29 is 27.4 Å². The van der Waals surface area contributed by atoms with Gasteiger partial charge in [-0.05, 0) is 30.3 Å². The second-order valence-electron chi connectivity index (χ2n) is 4.32. The maximum absolute atomic E-state index is 13.0. The van der Waals surface area contributed by atoms with E-state index in [4.69, 9.17) is 16.3 Å². The van der Waals surface area contributed by atoms with Gasteiger partial charge in [0.05, 0.1) is 17.7 Å². The Morgan fingerprint density at radius 1 is 1.17 bits per heavy atom. The Morgan fingerprint density at radius 2 is 1.91 bits per heavy atom. The van der Waals surface area contributed by atoms with Gasteiger partial charge in [-0.2, -0.15) is 8.78 Å². The first-order valence-electron chi connectivity index (χ1n) is 6.30. The molecule has 0 aromatic heterocycles. The summed E-state index contributed by atoms with van der Waals surface area (Å²) in [6.07, 6.45) is 0. The monoisotopic (exact) mass is 345 g/mol. The van der Waals surface area contributed by atoms with Crippen molar-refractivity contribution in [1.82, 2.24) is 0 Å². The van der Waals surface area contributed by atoms with E-state index in [2.05, 4.69) is 10.1 Å². The molecule has 0 aliphatic carbocycles. The molecule has 0 aliphatic heterocycles. The van der Waals surface area contributed by atoms with E-state index in [1.54, 1.807) is 0 Å². The van der Waals surface area contributed by atoms with Crippen molar-refractivity contribution in [2.45, 2.75) is 6.61 Å². The number of benzene rings is 2. The molecule has 0 aliphatic rings. The van der Waals surface area contributed by atoms with Gasteiger partial charge in [0.2, 0.25) is 0 Å².